The average Bonchev–Trinajstić information content (AvgIpc) is 2.25. The van der Waals surface area contributed by atoms with E-state index in [1.54, 1.807) is 0 Å². The summed E-state index contributed by atoms with van der Waals surface area (Å²) in [4.78, 5) is 0. The van der Waals surface area contributed by atoms with Crippen LogP contribution < -0.4 is 5.32 Å². The van der Waals surface area contributed by atoms with Gasteiger partial charge in [0.15, 0.2) is 0 Å². The van der Waals surface area contributed by atoms with E-state index in [0.29, 0.717) is 13.0 Å². The third kappa shape index (κ3) is 3.85. The molecule has 0 aliphatic rings. The minimum absolute atomic E-state index is 0.0789. The Morgan fingerprint density at radius 2 is 1.79 bits per heavy atom. The highest BCUT2D eigenvalue weighted by Gasteiger charge is 1.93. The van der Waals surface area contributed by atoms with Crippen LogP contribution in [0.5, 0.6) is 0 Å². The monoisotopic (exact) mass is 197 g/mol. The Hall–Kier alpha value is -0.930. The molecule has 0 radical (unpaired) electrons. The quantitative estimate of drug-likeness (QED) is 0.679. The Bertz CT molecular complexity index is 248. The topological polar surface area (TPSA) is 32.3 Å². The van der Waals surface area contributed by atoms with Crippen LogP contribution in [-0.4, -0.2) is 18.3 Å². The lowest BCUT2D eigenvalue weighted by Crippen LogP contribution is -2.15. The second-order valence-electron chi connectivity index (χ2n) is 3.19. The van der Waals surface area contributed by atoms with Crippen LogP contribution in [0.25, 0.3) is 0 Å². The van der Waals surface area contributed by atoms with E-state index in [1.807, 2.05) is 24.3 Å². The van der Waals surface area contributed by atoms with Crippen molar-refractivity contribution < 1.29 is 9.50 Å². The molecule has 0 fully saturated rings. The van der Waals surface area contributed by atoms with E-state index in [0.717, 1.165) is 17.7 Å². The van der Waals surface area contributed by atoms with E-state index in [1.165, 1.54) is 0 Å². The number of aliphatic hydroxyl groups excluding tert-OH is 1. The number of alkyl halides is 1. The summed E-state index contributed by atoms with van der Waals surface area (Å²) in [5.74, 6) is 0. The van der Waals surface area contributed by atoms with Gasteiger partial charge in [-0.1, -0.05) is 24.3 Å². The van der Waals surface area contributed by atoms with Crippen molar-refractivity contribution in [2.75, 3.05) is 13.2 Å². The van der Waals surface area contributed by atoms with Crippen molar-refractivity contribution in [2.24, 2.45) is 0 Å². The lowest BCUT2D eigenvalue weighted by Gasteiger charge is -2.04. The lowest BCUT2D eigenvalue weighted by molar-refractivity contribution is 0.282. The third-order valence-corrected chi connectivity index (χ3v) is 2.02. The van der Waals surface area contributed by atoms with Gasteiger partial charge < -0.3 is 10.4 Å². The van der Waals surface area contributed by atoms with Crippen LogP contribution in [0.3, 0.4) is 0 Å². The fourth-order valence-electron chi connectivity index (χ4n) is 1.19. The summed E-state index contributed by atoms with van der Waals surface area (Å²) in [6.45, 7) is 1.27. The first-order valence-electron chi connectivity index (χ1n) is 4.82. The maximum atomic E-state index is 11.7. The zero-order valence-corrected chi connectivity index (χ0v) is 8.17. The average molecular weight is 197 g/mol. The normalized spacial score (nSPS) is 10.4. The summed E-state index contributed by atoms with van der Waals surface area (Å²) in [5, 5.41) is 12.0. The van der Waals surface area contributed by atoms with Gasteiger partial charge in [-0.3, -0.25) is 4.39 Å². The molecule has 1 aromatic carbocycles. The predicted octanol–water partition coefficient (Wildman–Crippen LogP) is 1.63. The van der Waals surface area contributed by atoms with Crippen LogP contribution in [0.1, 0.15) is 17.5 Å². The van der Waals surface area contributed by atoms with Crippen molar-refractivity contribution in [2.45, 2.75) is 19.6 Å². The standard InChI is InChI=1S/C11H16FNO/c12-6-1-7-13-8-10-2-4-11(9-14)5-3-10/h2-5,13-14H,1,6-9H2. The maximum absolute atomic E-state index is 11.7. The van der Waals surface area contributed by atoms with Crippen molar-refractivity contribution in [1.82, 2.24) is 5.32 Å². The summed E-state index contributed by atoms with van der Waals surface area (Å²) in [6.07, 6.45) is 0.564. The molecule has 3 heteroatoms. The molecular weight excluding hydrogens is 181 g/mol. The number of hydrogen-bond acceptors (Lipinski definition) is 2. The Balaban J connectivity index is 2.29. The van der Waals surface area contributed by atoms with Crippen LogP contribution in [0.15, 0.2) is 24.3 Å². The molecule has 2 N–H and O–H groups in total. The fraction of sp³-hybridized carbons (Fsp3) is 0.455. The molecule has 0 saturated carbocycles. The fourth-order valence-corrected chi connectivity index (χ4v) is 1.19. The van der Waals surface area contributed by atoms with Gasteiger partial charge in [0.25, 0.3) is 0 Å². The molecule has 1 aromatic rings. The minimum atomic E-state index is -0.267. The van der Waals surface area contributed by atoms with Crippen molar-refractivity contribution in [3.05, 3.63) is 35.4 Å². The molecule has 0 heterocycles. The Kier molecular flexibility index (Phi) is 5.19. The largest absolute Gasteiger partial charge is 0.392 e. The minimum Gasteiger partial charge on any atom is -0.392 e. The summed E-state index contributed by atoms with van der Waals surface area (Å²) in [5.41, 5.74) is 2.07. The molecule has 2 nitrogen and oxygen atoms in total. The molecule has 0 bridgehead atoms. The highest BCUT2D eigenvalue weighted by molar-refractivity contribution is 5.21. The first kappa shape index (κ1) is 11.1. The highest BCUT2D eigenvalue weighted by atomic mass is 19.1. The molecule has 0 spiro atoms. The van der Waals surface area contributed by atoms with Gasteiger partial charge in [0.2, 0.25) is 0 Å². The highest BCUT2D eigenvalue weighted by Crippen LogP contribution is 2.03. The van der Waals surface area contributed by atoms with Gasteiger partial charge in [0.1, 0.15) is 0 Å². The summed E-state index contributed by atoms with van der Waals surface area (Å²) < 4.78 is 11.7. The number of hydrogen-bond donors (Lipinski definition) is 2. The van der Waals surface area contributed by atoms with Crippen LogP contribution in [-0.2, 0) is 13.2 Å². The second-order valence-corrected chi connectivity index (χ2v) is 3.19. The van der Waals surface area contributed by atoms with Gasteiger partial charge in [-0.25, -0.2) is 0 Å². The molecule has 78 valence electrons. The molecule has 0 aliphatic carbocycles. The van der Waals surface area contributed by atoms with Gasteiger partial charge in [0, 0.05) is 6.54 Å². The maximum Gasteiger partial charge on any atom is 0.0906 e. The van der Waals surface area contributed by atoms with E-state index in [-0.39, 0.29) is 13.3 Å². The second kappa shape index (κ2) is 6.51. The van der Waals surface area contributed by atoms with E-state index in [2.05, 4.69) is 5.32 Å². The first-order chi connectivity index (χ1) is 6.86. The van der Waals surface area contributed by atoms with E-state index in [9.17, 15) is 4.39 Å². The summed E-state index contributed by atoms with van der Waals surface area (Å²) in [7, 11) is 0. The van der Waals surface area contributed by atoms with Crippen LogP contribution in [0.4, 0.5) is 4.39 Å². The van der Waals surface area contributed by atoms with E-state index >= 15 is 0 Å². The number of benzene rings is 1. The summed E-state index contributed by atoms with van der Waals surface area (Å²) in [6, 6.07) is 7.72. The van der Waals surface area contributed by atoms with Crippen molar-refractivity contribution in [1.29, 1.82) is 0 Å². The van der Waals surface area contributed by atoms with Crippen LogP contribution in [0.2, 0.25) is 0 Å². The van der Waals surface area contributed by atoms with E-state index < -0.39 is 0 Å². The number of rotatable bonds is 6. The van der Waals surface area contributed by atoms with Crippen LogP contribution in [0, 0.1) is 0 Å². The van der Waals surface area contributed by atoms with Crippen molar-refractivity contribution in [3.8, 4) is 0 Å². The third-order valence-electron chi connectivity index (χ3n) is 2.02. The molecule has 1 rings (SSSR count). The molecule has 0 aliphatic heterocycles. The summed E-state index contributed by atoms with van der Waals surface area (Å²) >= 11 is 0. The zero-order chi connectivity index (χ0) is 10.2. The Morgan fingerprint density at radius 3 is 2.36 bits per heavy atom. The molecule has 0 atom stereocenters. The number of nitrogens with one attached hydrogen (secondary N) is 1. The zero-order valence-electron chi connectivity index (χ0n) is 8.17. The molecule has 14 heavy (non-hydrogen) atoms. The predicted molar refractivity (Wildman–Crippen MR) is 54.7 cm³/mol. The Labute approximate surface area is 83.8 Å². The number of aliphatic hydroxyl groups is 1. The van der Waals surface area contributed by atoms with Gasteiger partial charge in [-0.15, -0.1) is 0 Å². The SMILES string of the molecule is OCc1ccc(CNCCCF)cc1. The number of halogens is 1. The van der Waals surface area contributed by atoms with Gasteiger partial charge >= 0.3 is 0 Å². The smallest absolute Gasteiger partial charge is 0.0906 e. The molecule has 0 unspecified atom stereocenters. The van der Waals surface area contributed by atoms with Gasteiger partial charge in [-0.2, -0.15) is 0 Å². The van der Waals surface area contributed by atoms with Gasteiger partial charge in [0.05, 0.1) is 13.3 Å². The lowest BCUT2D eigenvalue weighted by atomic mass is 10.1. The van der Waals surface area contributed by atoms with Crippen LogP contribution >= 0.6 is 0 Å². The molecular formula is C11H16FNO. The van der Waals surface area contributed by atoms with Gasteiger partial charge in [-0.05, 0) is 24.1 Å². The van der Waals surface area contributed by atoms with Crippen molar-refractivity contribution in [3.63, 3.8) is 0 Å². The van der Waals surface area contributed by atoms with E-state index in [4.69, 9.17) is 5.11 Å². The first-order valence-corrected chi connectivity index (χ1v) is 4.82. The molecule has 0 amide bonds. The molecule has 0 saturated heterocycles. The Morgan fingerprint density at radius 1 is 1.14 bits per heavy atom. The molecule has 0 aromatic heterocycles. The van der Waals surface area contributed by atoms with Crippen molar-refractivity contribution >= 4 is 0 Å².